The summed E-state index contributed by atoms with van der Waals surface area (Å²) in [5.41, 5.74) is 0.583. The summed E-state index contributed by atoms with van der Waals surface area (Å²) in [6.07, 6.45) is 3.60. The highest BCUT2D eigenvalue weighted by Crippen LogP contribution is 2.39. The van der Waals surface area contributed by atoms with Crippen molar-refractivity contribution in [3.63, 3.8) is 0 Å². The molecule has 0 radical (unpaired) electrons. The smallest absolute Gasteiger partial charge is 0.310 e. The lowest BCUT2D eigenvalue weighted by Gasteiger charge is -2.38. The molecule has 0 aliphatic heterocycles. The van der Waals surface area contributed by atoms with E-state index in [9.17, 15) is 9.90 Å². The molecule has 0 unspecified atom stereocenters. The van der Waals surface area contributed by atoms with Crippen LogP contribution in [0.15, 0.2) is 24.3 Å². The van der Waals surface area contributed by atoms with E-state index in [2.05, 4.69) is 11.8 Å². The highest BCUT2D eigenvalue weighted by Gasteiger charge is 2.41. The van der Waals surface area contributed by atoms with E-state index in [1.807, 2.05) is 31.3 Å². The molecule has 1 aromatic rings. The van der Waals surface area contributed by atoms with Gasteiger partial charge in [0.05, 0.1) is 5.41 Å². The van der Waals surface area contributed by atoms with Gasteiger partial charge in [0, 0.05) is 18.1 Å². The van der Waals surface area contributed by atoms with Crippen LogP contribution < -0.4 is 0 Å². The van der Waals surface area contributed by atoms with Crippen LogP contribution in [0, 0.1) is 11.3 Å². The van der Waals surface area contributed by atoms with E-state index < -0.39 is 11.4 Å². The zero-order valence-corrected chi connectivity index (χ0v) is 13.6. The number of nitrogens with zero attached hydrogens (tertiary/aromatic N) is 1. The standard InChI is InChI=1S/C17H24ClNO2/c1-13-7-9-17(10-8-13,16(20)21)12-19(2)11-14-3-5-15(18)6-4-14/h3-6,13H,7-12H2,1-2H3,(H,20,21). The molecule has 1 aliphatic rings. The summed E-state index contributed by atoms with van der Waals surface area (Å²) < 4.78 is 0. The average molecular weight is 310 g/mol. The average Bonchev–Trinajstić information content (AvgIpc) is 2.44. The molecule has 0 aromatic heterocycles. The lowest BCUT2D eigenvalue weighted by molar-refractivity contribution is -0.153. The summed E-state index contributed by atoms with van der Waals surface area (Å²) in [6, 6.07) is 7.74. The van der Waals surface area contributed by atoms with Crippen LogP contribution in [0.1, 0.15) is 38.2 Å². The predicted octanol–water partition coefficient (Wildman–Crippen LogP) is 4.05. The summed E-state index contributed by atoms with van der Waals surface area (Å²) in [5, 5.41) is 10.4. The summed E-state index contributed by atoms with van der Waals surface area (Å²) in [4.78, 5) is 13.9. The Morgan fingerprint density at radius 1 is 1.33 bits per heavy atom. The normalized spacial score (nSPS) is 26.0. The molecule has 0 heterocycles. The number of hydrogen-bond acceptors (Lipinski definition) is 2. The minimum Gasteiger partial charge on any atom is -0.481 e. The van der Waals surface area contributed by atoms with E-state index in [4.69, 9.17) is 11.6 Å². The molecular formula is C17H24ClNO2. The van der Waals surface area contributed by atoms with Crippen molar-refractivity contribution < 1.29 is 9.90 Å². The highest BCUT2D eigenvalue weighted by atomic mass is 35.5. The molecule has 116 valence electrons. The molecule has 1 aliphatic carbocycles. The van der Waals surface area contributed by atoms with Crippen molar-refractivity contribution in [3.05, 3.63) is 34.9 Å². The summed E-state index contributed by atoms with van der Waals surface area (Å²) >= 11 is 5.89. The molecule has 0 atom stereocenters. The molecule has 0 saturated heterocycles. The first-order valence-electron chi connectivity index (χ1n) is 7.58. The van der Waals surface area contributed by atoms with Gasteiger partial charge in [-0.05, 0) is 56.3 Å². The fourth-order valence-electron chi connectivity index (χ4n) is 3.23. The fraction of sp³-hybridized carbons (Fsp3) is 0.588. The molecule has 3 nitrogen and oxygen atoms in total. The number of aliphatic carboxylic acids is 1. The number of halogens is 1. The molecule has 1 N–H and O–H groups in total. The van der Waals surface area contributed by atoms with Crippen LogP contribution in [0.5, 0.6) is 0 Å². The van der Waals surface area contributed by atoms with Crippen LogP contribution in [0.3, 0.4) is 0 Å². The lowest BCUT2D eigenvalue weighted by atomic mass is 9.70. The van der Waals surface area contributed by atoms with Crippen molar-refractivity contribution in [2.24, 2.45) is 11.3 Å². The number of carboxylic acid groups (broad SMARTS) is 1. The van der Waals surface area contributed by atoms with Crippen molar-refractivity contribution in [3.8, 4) is 0 Å². The highest BCUT2D eigenvalue weighted by molar-refractivity contribution is 6.30. The van der Waals surface area contributed by atoms with Gasteiger partial charge in [0.2, 0.25) is 0 Å². The molecule has 0 amide bonds. The Labute approximate surface area is 131 Å². The number of carboxylic acids is 1. The second-order valence-corrected chi connectivity index (χ2v) is 7.00. The first-order chi connectivity index (χ1) is 9.91. The van der Waals surface area contributed by atoms with Crippen molar-refractivity contribution in [2.75, 3.05) is 13.6 Å². The third kappa shape index (κ3) is 4.21. The SMILES string of the molecule is CC1CCC(CN(C)Cc2ccc(Cl)cc2)(C(=O)O)CC1. The Morgan fingerprint density at radius 2 is 1.90 bits per heavy atom. The first-order valence-corrected chi connectivity index (χ1v) is 7.95. The number of hydrogen-bond donors (Lipinski definition) is 1. The van der Waals surface area contributed by atoms with Crippen molar-refractivity contribution in [1.29, 1.82) is 0 Å². The van der Waals surface area contributed by atoms with Crippen molar-refractivity contribution >= 4 is 17.6 Å². The van der Waals surface area contributed by atoms with Gasteiger partial charge >= 0.3 is 5.97 Å². The molecule has 21 heavy (non-hydrogen) atoms. The summed E-state index contributed by atoms with van der Waals surface area (Å²) in [5.74, 6) is 0.0106. The third-order valence-electron chi connectivity index (χ3n) is 4.62. The molecule has 2 rings (SSSR count). The van der Waals surface area contributed by atoms with Gasteiger partial charge in [-0.1, -0.05) is 30.7 Å². The predicted molar refractivity (Wildman–Crippen MR) is 85.5 cm³/mol. The fourth-order valence-corrected chi connectivity index (χ4v) is 3.35. The van der Waals surface area contributed by atoms with Crippen LogP contribution in [0.2, 0.25) is 5.02 Å². The van der Waals surface area contributed by atoms with Crippen LogP contribution >= 0.6 is 11.6 Å². The van der Waals surface area contributed by atoms with Gasteiger partial charge in [0.15, 0.2) is 0 Å². The molecule has 1 fully saturated rings. The topological polar surface area (TPSA) is 40.5 Å². The van der Waals surface area contributed by atoms with Gasteiger partial charge in [0.25, 0.3) is 0 Å². The van der Waals surface area contributed by atoms with E-state index in [1.165, 1.54) is 0 Å². The maximum atomic E-state index is 11.8. The van der Waals surface area contributed by atoms with Crippen molar-refractivity contribution in [2.45, 2.75) is 39.2 Å². The quantitative estimate of drug-likeness (QED) is 0.892. The molecule has 0 spiro atoms. The van der Waals surface area contributed by atoms with Crippen LogP contribution in [-0.2, 0) is 11.3 Å². The van der Waals surface area contributed by atoms with E-state index in [-0.39, 0.29) is 0 Å². The maximum absolute atomic E-state index is 11.8. The monoisotopic (exact) mass is 309 g/mol. The second kappa shape index (κ2) is 6.80. The minimum absolute atomic E-state index is 0.576. The lowest BCUT2D eigenvalue weighted by Crippen LogP contribution is -2.44. The molecule has 4 heteroatoms. The Kier molecular flexibility index (Phi) is 5.28. The Balaban J connectivity index is 2.00. The number of rotatable bonds is 5. The molecule has 1 aromatic carbocycles. The van der Waals surface area contributed by atoms with Gasteiger partial charge in [-0.15, -0.1) is 0 Å². The Hall–Kier alpha value is -1.06. The third-order valence-corrected chi connectivity index (χ3v) is 4.88. The van der Waals surface area contributed by atoms with Crippen LogP contribution in [-0.4, -0.2) is 29.6 Å². The molecule has 0 bridgehead atoms. The second-order valence-electron chi connectivity index (χ2n) is 6.57. The Morgan fingerprint density at radius 3 is 2.43 bits per heavy atom. The van der Waals surface area contributed by atoms with Gasteiger partial charge in [-0.3, -0.25) is 4.79 Å². The minimum atomic E-state index is -0.641. The summed E-state index contributed by atoms with van der Waals surface area (Å²) in [6.45, 7) is 3.57. The van der Waals surface area contributed by atoms with E-state index in [1.54, 1.807) is 0 Å². The zero-order chi connectivity index (χ0) is 15.5. The molecular weight excluding hydrogens is 286 g/mol. The van der Waals surface area contributed by atoms with E-state index >= 15 is 0 Å². The maximum Gasteiger partial charge on any atom is 0.310 e. The van der Waals surface area contributed by atoms with Gasteiger partial charge in [0.1, 0.15) is 0 Å². The van der Waals surface area contributed by atoms with Gasteiger partial charge < -0.3 is 10.0 Å². The summed E-state index contributed by atoms with van der Waals surface area (Å²) in [7, 11) is 2.00. The van der Waals surface area contributed by atoms with E-state index in [0.717, 1.165) is 42.8 Å². The van der Waals surface area contributed by atoms with E-state index in [0.29, 0.717) is 12.5 Å². The largest absolute Gasteiger partial charge is 0.481 e. The van der Waals surface area contributed by atoms with Gasteiger partial charge in [-0.25, -0.2) is 0 Å². The van der Waals surface area contributed by atoms with Crippen LogP contribution in [0.25, 0.3) is 0 Å². The number of carbonyl (C=O) groups is 1. The van der Waals surface area contributed by atoms with Crippen molar-refractivity contribution in [1.82, 2.24) is 4.90 Å². The zero-order valence-electron chi connectivity index (χ0n) is 12.8. The van der Waals surface area contributed by atoms with Crippen LogP contribution in [0.4, 0.5) is 0 Å². The number of benzene rings is 1. The van der Waals surface area contributed by atoms with Gasteiger partial charge in [-0.2, -0.15) is 0 Å². The Bertz CT molecular complexity index is 478. The first kappa shape index (κ1) is 16.3. The molecule has 1 saturated carbocycles.